The van der Waals surface area contributed by atoms with Gasteiger partial charge < -0.3 is 10.1 Å². The molecule has 0 aliphatic rings. The number of hydrogen-bond donors (Lipinski definition) is 2. The molecule has 6 heteroatoms. The van der Waals surface area contributed by atoms with Crippen LogP contribution < -0.4 is 15.5 Å². The molecule has 2 N–H and O–H groups in total. The van der Waals surface area contributed by atoms with Crippen molar-refractivity contribution in [1.29, 1.82) is 0 Å². The second-order valence-corrected chi connectivity index (χ2v) is 5.93. The molecular weight excluding hydrogens is 342 g/mol. The molecule has 0 heterocycles. The maximum absolute atomic E-state index is 12.1. The first-order chi connectivity index (χ1) is 13.1. The van der Waals surface area contributed by atoms with E-state index in [-0.39, 0.29) is 11.8 Å². The fraction of sp³-hybridized carbons (Fsp3) is 0.286. The molecule has 142 valence electrons. The van der Waals surface area contributed by atoms with E-state index in [2.05, 4.69) is 15.8 Å². The normalized spacial score (nSPS) is 10.6. The number of ether oxygens (including phenoxy) is 1. The summed E-state index contributed by atoms with van der Waals surface area (Å²) < 4.78 is 5.37. The van der Waals surface area contributed by atoms with E-state index < -0.39 is 0 Å². The number of nitrogens with one attached hydrogen (secondary N) is 2. The number of rotatable bonds is 9. The predicted molar refractivity (Wildman–Crippen MR) is 107 cm³/mol. The van der Waals surface area contributed by atoms with Gasteiger partial charge in [0.2, 0.25) is 5.91 Å². The highest BCUT2D eigenvalue weighted by molar-refractivity contribution is 5.96. The number of carbonyl (C=O) groups excluding carboxylic acids is 2. The van der Waals surface area contributed by atoms with Crippen LogP contribution in [0, 0.1) is 0 Å². The lowest BCUT2D eigenvalue weighted by Gasteiger charge is -2.06. The molecule has 0 saturated carbocycles. The molecular formula is C21H25N3O3. The largest absolute Gasteiger partial charge is 0.494 e. The molecule has 0 atom stereocenters. The molecule has 0 aliphatic carbocycles. The molecule has 2 rings (SSSR count). The molecule has 0 bridgehead atoms. The number of benzene rings is 2. The van der Waals surface area contributed by atoms with Crippen molar-refractivity contribution in [3.05, 3.63) is 59.7 Å². The molecule has 0 saturated heterocycles. The number of nitrogens with zero attached hydrogens (tertiary/aromatic N) is 1. The molecule has 2 amide bonds. The van der Waals surface area contributed by atoms with Gasteiger partial charge >= 0.3 is 0 Å². The lowest BCUT2D eigenvalue weighted by Crippen LogP contribution is -2.17. The third-order valence-electron chi connectivity index (χ3n) is 3.76. The average molecular weight is 367 g/mol. The zero-order chi connectivity index (χ0) is 19.5. The van der Waals surface area contributed by atoms with Crippen LogP contribution in [-0.2, 0) is 4.79 Å². The van der Waals surface area contributed by atoms with Crippen LogP contribution in [0.2, 0.25) is 0 Å². The van der Waals surface area contributed by atoms with Gasteiger partial charge in [-0.15, -0.1) is 0 Å². The Bertz CT molecular complexity index is 768. The minimum absolute atomic E-state index is 0.0194. The van der Waals surface area contributed by atoms with Crippen molar-refractivity contribution in [2.75, 3.05) is 11.9 Å². The van der Waals surface area contributed by atoms with Crippen LogP contribution in [0.25, 0.3) is 0 Å². The number of hydrogen-bond acceptors (Lipinski definition) is 4. The van der Waals surface area contributed by atoms with Crippen molar-refractivity contribution in [1.82, 2.24) is 5.43 Å². The second-order valence-electron chi connectivity index (χ2n) is 5.93. The van der Waals surface area contributed by atoms with Gasteiger partial charge in [-0.3, -0.25) is 9.59 Å². The van der Waals surface area contributed by atoms with Gasteiger partial charge in [0.05, 0.1) is 12.8 Å². The second kappa shape index (κ2) is 10.8. The third-order valence-corrected chi connectivity index (χ3v) is 3.76. The Balaban J connectivity index is 1.85. The maximum Gasteiger partial charge on any atom is 0.271 e. The van der Waals surface area contributed by atoms with Gasteiger partial charge in [-0.2, -0.15) is 5.10 Å². The van der Waals surface area contributed by atoms with Crippen LogP contribution >= 0.6 is 0 Å². The first kappa shape index (κ1) is 20.2. The van der Waals surface area contributed by atoms with Crippen molar-refractivity contribution < 1.29 is 14.3 Å². The van der Waals surface area contributed by atoms with E-state index in [1.807, 2.05) is 38.1 Å². The predicted octanol–water partition coefficient (Wildman–Crippen LogP) is 3.98. The van der Waals surface area contributed by atoms with E-state index in [1.165, 1.54) is 0 Å². The molecule has 0 aliphatic heterocycles. The molecule has 0 fully saturated rings. The first-order valence-corrected chi connectivity index (χ1v) is 9.08. The Morgan fingerprint density at radius 3 is 2.37 bits per heavy atom. The molecule has 0 spiro atoms. The number of unbranched alkanes of at least 4 members (excludes halogenated alkanes) is 1. The van der Waals surface area contributed by atoms with E-state index in [1.54, 1.807) is 30.5 Å². The molecule has 2 aromatic carbocycles. The van der Waals surface area contributed by atoms with Gasteiger partial charge in [0, 0.05) is 17.7 Å². The van der Waals surface area contributed by atoms with E-state index in [0.717, 1.165) is 24.2 Å². The summed E-state index contributed by atoms with van der Waals surface area (Å²) in [5, 5.41) is 6.77. The van der Waals surface area contributed by atoms with Crippen molar-refractivity contribution in [3.63, 3.8) is 0 Å². The van der Waals surface area contributed by atoms with Gasteiger partial charge in [-0.25, -0.2) is 5.43 Å². The van der Waals surface area contributed by atoms with Gasteiger partial charge in [-0.1, -0.05) is 13.3 Å². The third kappa shape index (κ3) is 6.93. The van der Waals surface area contributed by atoms with Crippen molar-refractivity contribution in [2.45, 2.75) is 33.1 Å². The highest BCUT2D eigenvalue weighted by Crippen LogP contribution is 2.12. The summed E-state index contributed by atoms with van der Waals surface area (Å²) in [6.45, 7) is 4.58. The Morgan fingerprint density at radius 2 is 1.74 bits per heavy atom. The van der Waals surface area contributed by atoms with Gasteiger partial charge in [0.25, 0.3) is 5.91 Å². The fourth-order valence-electron chi connectivity index (χ4n) is 2.31. The molecule has 27 heavy (non-hydrogen) atoms. The summed E-state index contributed by atoms with van der Waals surface area (Å²) in [6, 6.07) is 14.1. The minimum atomic E-state index is -0.318. The topological polar surface area (TPSA) is 79.8 Å². The summed E-state index contributed by atoms with van der Waals surface area (Å²) in [5.41, 5.74) is 4.47. The zero-order valence-corrected chi connectivity index (χ0v) is 15.7. The Labute approximate surface area is 159 Å². The summed E-state index contributed by atoms with van der Waals surface area (Å²) in [7, 11) is 0. The Hall–Kier alpha value is -3.15. The highest BCUT2D eigenvalue weighted by atomic mass is 16.5. The molecule has 0 unspecified atom stereocenters. The van der Waals surface area contributed by atoms with Gasteiger partial charge in [-0.05, 0) is 67.4 Å². The minimum Gasteiger partial charge on any atom is -0.494 e. The van der Waals surface area contributed by atoms with Crippen LogP contribution in [-0.4, -0.2) is 24.6 Å². The van der Waals surface area contributed by atoms with E-state index in [9.17, 15) is 9.59 Å². The maximum atomic E-state index is 12.1. The fourth-order valence-corrected chi connectivity index (χ4v) is 2.31. The first-order valence-electron chi connectivity index (χ1n) is 9.08. The summed E-state index contributed by atoms with van der Waals surface area (Å²) in [5.74, 6) is 0.454. The van der Waals surface area contributed by atoms with Crippen molar-refractivity contribution in [3.8, 4) is 5.75 Å². The van der Waals surface area contributed by atoms with E-state index >= 15 is 0 Å². The quantitative estimate of drug-likeness (QED) is 0.520. The van der Waals surface area contributed by atoms with E-state index in [4.69, 9.17) is 4.74 Å². The SMILES string of the molecule is CCCCC(=O)Nc1ccc(C(=O)NN=Cc2ccc(OCC)cc2)cc1. The number of hydrazone groups is 1. The van der Waals surface area contributed by atoms with Crippen LogP contribution in [0.15, 0.2) is 53.6 Å². The molecule has 2 aromatic rings. The van der Waals surface area contributed by atoms with E-state index in [0.29, 0.717) is 24.3 Å². The Morgan fingerprint density at radius 1 is 1.04 bits per heavy atom. The number of amides is 2. The Kier molecular flexibility index (Phi) is 8.03. The van der Waals surface area contributed by atoms with Crippen molar-refractivity contribution in [2.24, 2.45) is 5.10 Å². The highest BCUT2D eigenvalue weighted by Gasteiger charge is 2.06. The monoisotopic (exact) mass is 367 g/mol. The summed E-state index contributed by atoms with van der Waals surface area (Å²) in [4.78, 5) is 23.8. The molecule has 0 aromatic heterocycles. The molecule has 6 nitrogen and oxygen atoms in total. The van der Waals surface area contributed by atoms with Crippen LogP contribution in [0.5, 0.6) is 5.75 Å². The average Bonchev–Trinajstić information content (AvgIpc) is 2.68. The molecule has 0 radical (unpaired) electrons. The van der Waals surface area contributed by atoms with Crippen LogP contribution in [0.3, 0.4) is 0 Å². The smallest absolute Gasteiger partial charge is 0.271 e. The van der Waals surface area contributed by atoms with Crippen molar-refractivity contribution >= 4 is 23.7 Å². The lowest BCUT2D eigenvalue weighted by atomic mass is 10.2. The number of carbonyl (C=O) groups is 2. The summed E-state index contributed by atoms with van der Waals surface area (Å²) >= 11 is 0. The number of anilines is 1. The van der Waals surface area contributed by atoms with Crippen LogP contribution in [0.4, 0.5) is 5.69 Å². The van der Waals surface area contributed by atoms with Gasteiger partial charge in [0.1, 0.15) is 5.75 Å². The standard InChI is InChI=1S/C21H25N3O3/c1-3-5-6-20(25)23-18-11-9-17(10-12-18)21(26)24-22-15-16-7-13-19(14-8-16)27-4-2/h7-15H,3-6H2,1-2H3,(H,23,25)(H,24,26). The zero-order valence-electron chi connectivity index (χ0n) is 15.7. The summed E-state index contributed by atoms with van der Waals surface area (Å²) in [6.07, 6.45) is 3.90. The lowest BCUT2D eigenvalue weighted by molar-refractivity contribution is -0.116. The van der Waals surface area contributed by atoms with Crippen LogP contribution in [0.1, 0.15) is 49.0 Å². The van der Waals surface area contributed by atoms with Gasteiger partial charge in [0.15, 0.2) is 0 Å².